The van der Waals surface area contributed by atoms with Crippen molar-refractivity contribution in [3.63, 3.8) is 0 Å². The number of ether oxygens (including phenoxy) is 2. The van der Waals surface area contributed by atoms with Crippen LogP contribution in [-0.2, 0) is 16.0 Å². The van der Waals surface area contributed by atoms with Crippen LogP contribution < -0.4 is 20.1 Å². The number of carbonyl (C=O) groups is 2. The van der Waals surface area contributed by atoms with E-state index in [4.69, 9.17) is 9.47 Å². The van der Waals surface area contributed by atoms with Gasteiger partial charge in [-0.1, -0.05) is 36.0 Å². The van der Waals surface area contributed by atoms with Crippen LogP contribution in [0.15, 0.2) is 58.7 Å². The fraction of sp³-hybridized carbons (Fsp3) is 0.273. The molecule has 4 rings (SSSR count). The van der Waals surface area contributed by atoms with Crippen molar-refractivity contribution in [2.45, 2.75) is 31.4 Å². The molecule has 1 atom stereocenters. The molecule has 2 aromatic carbocycles. The molecule has 9 heteroatoms. The van der Waals surface area contributed by atoms with E-state index in [0.717, 1.165) is 29.2 Å². The summed E-state index contributed by atoms with van der Waals surface area (Å²) in [5.41, 5.74) is 2.62. The lowest BCUT2D eigenvalue weighted by molar-refractivity contribution is -0.123. The Labute approximate surface area is 184 Å². The highest BCUT2D eigenvalue weighted by molar-refractivity contribution is 8.15. The summed E-state index contributed by atoms with van der Waals surface area (Å²) in [4.78, 5) is 24.5. The Morgan fingerprint density at radius 2 is 2.00 bits per heavy atom. The van der Waals surface area contributed by atoms with E-state index in [0.29, 0.717) is 17.3 Å². The van der Waals surface area contributed by atoms with E-state index < -0.39 is 5.25 Å². The van der Waals surface area contributed by atoms with Crippen LogP contribution in [0.3, 0.4) is 0 Å². The van der Waals surface area contributed by atoms with E-state index >= 15 is 0 Å². The second-order valence-corrected chi connectivity index (χ2v) is 8.33. The molecule has 0 unspecified atom stereocenters. The Morgan fingerprint density at radius 1 is 1.19 bits per heavy atom. The minimum absolute atomic E-state index is 0.0924. The van der Waals surface area contributed by atoms with Gasteiger partial charge in [0, 0.05) is 17.8 Å². The molecule has 8 nitrogen and oxygen atoms in total. The van der Waals surface area contributed by atoms with E-state index in [-0.39, 0.29) is 25.0 Å². The van der Waals surface area contributed by atoms with Crippen LogP contribution in [-0.4, -0.2) is 34.7 Å². The van der Waals surface area contributed by atoms with Gasteiger partial charge >= 0.3 is 0 Å². The molecule has 0 aliphatic carbocycles. The summed E-state index contributed by atoms with van der Waals surface area (Å²) < 4.78 is 10.7. The first-order valence-corrected chi connectivity index (χ1v) is 10.8. The summed E-state index contributed by atoms with van der Waals surface area (Å²) in [6.07, 6.45) is 1.57. The number of thioether (sulfide) groups is 1. The minimum Gasteiger partial charge on any atom is -0.454 e. The molecule has 31 heavy (non-hydrogen) atoms. The number of para-hydroxylation sites is 1. The smallest absolute Gasteiger partial charge is 0.238 e. The number of nitrogens with zero attached hydrogens (tertiary/aromatic N) is 2. The first-order chi connectivity index (χ1) is 15.1. The van der Waals surface area contributed by atoms with Crippen molar-refractivity contribution in [2.24, 2.45) is 10.2 Å². The first-order valence-electron chi connectivity index (χ1n) is 9.89. The molecule has 2 aromatic rings. The first kappa shape index (κ1) is 20.9. The molecule has 0 bridgehead atoms. The van der Waals surface area contributed by atoms with Gasteiger partial charge in [0.15, 0.2) is 16.7 Å². The predicted octanol–water partition coefficient (Wildman–Crippen LogP) is 3.34. The highest BCUT2D eigenvalue weighted by atomic mass is 32.2. The number of anilines is 1. The average Bonchev–Trinajstić information content (AvgIpc) is 3.24. The molecular formula is C22H22N4O4S. The number of aryl methyl sites for hydroxylation is 1. The number of hydrogen-bond donors (Lipinski definition) is 2. The molecule has 0 aromatic heterocycles. The number of carbonyl (C=O) groups excluding carboxylic acids is 2. The maximum absolute atomic E-state index is 12.5. The van der Waals surface area contributed by atoms with Crippen LogP contribution in [0.25, 0.3) is 0 Å². The number of rotatable bonds is 6. The Hall–Kier alpha value is -3.33. The predicted molar refractivity (Wildman–Crippen MR) is 121 cm³/mol. The molecule has 160 valence electrons. The number of nitrogens with one attached hydrogen (secondary N) is 2. The van der Waals surface area contributed by atoms with Crippen molar-refractivity contribution in [3.05, 3.63) is 54.1 Å². The highest BCUT2D eigenvalue weighted by Gasteiger charge is 2.30. The van der Waals surface area contributed by atoms with Gasteiger partial charge < -0.3 is 20.1 Å². The standard InChI is InChI=1S/C22H22N4O4S/c1-14(7-8-15-9-10-17-18(11-15)30-13-29-17)25-26-22-24-20(27)12-19(31-22)21(28)23-16-5-3-2-4-6-16/h2-6,9-11,19H,7-8,12-13H2,1H3,(H,23,28)(H,24,26,27)/b25-14-/t19-/m0/s1. The zero-order valence-corrected chi connectivity index (χ0v) is 17.8. The minimum atomic E-state index is -0.558. The van der Waals surface area contributed by atoms with E-state index in [2.05, 4.69) is 20.8 Å². The van der Waals surface area contributed by atoms with Gasteiger partial charge in [-0.2, -0.15) is 5.10 Å². The van der Waals surface area contributed by atoms with Gasteiger partial charge in [-0.05, 0) is 49.6 Å². The van der Waals surface area contributed by atoms with Gasteiger partial charge in [0.05, 0.1) is 0 Å². The van der Waals surface area contributed by atoms with Gasteiger partial charge in [0.25, 0.3) is 0 Å². The summed E-state index contributed by atoms with van der Waals surface area (Å²) in [7, 11) is 0. The van der Waals surface area contributed by atoms with E-state index in [1.54, 1.807) is 12.1 Å². The lowest BCUT2D eigenvalue weighted by atomic mass is 10.1. The van der Waals surface area contributed by atoms with Crippen LogP contribution >= 0.6 is 11.8 Å². The number of benzene rings is 2. The van der Waals surface area contributed by atoms with Gasteiger partial charge in [-0.25, -0.2) is 0 Å². The molecule has 2 heterocycles. The van der Waals surface area contributed by atoms with Crippen molar-refractivity contribution in [1.82, 2.24) is 5.32 Å². The van der Waals surface area contributed by atoms with E-state index in [9.17, 15) is 9.59 Å². The second kappa shape index (κ2) is 9.65. The fourth-order valence-corrected chi connectivity index (χ4v) is 4.02. The van der Waals surface area contributed by atoms with Gasteiger partial charge in [-0.3, -0.25) is 9.59 Å². The van der Waals surface area contributed by atoms with Crippen LogP contribution in [0.5, 0.6) is 11.5 Å². The summed E-state index contributed by atoms with van der Waals surface area (Å²) in [6.45, 7) is 2.14. The third kappa shape index (κ3) is 5.64. The monoisotopic (exact) mass is 438 g/mol. The zero-order chi connectivity index (χ0) is 21.6. The number of hydrogen-bond acceptors (Lipinski definition) is 7. The molecule has 1 fully saturated rings. The van der Waals surface area contributed by atoms with Crippen molar-refractivity contribution in [1.29, 1.82) is 0 Å². The van der Waals surface area contributed by atoms with Gasteiger partial charge in [0.2, 0.25) is 18.6 Å². The average molecular weight is 439 g/mol. The Kier molecular flexibility index (Phi) is 6.51. The van der Waals surface area contributed by atoms with Gasteiger partial charge in [-0.15, -0.1) is 5.10 Å². The molecule has 2 N–H and O–H groups in total. The maximum atomic E-state index is 12.5. The topological polar surface area (TPSA) is 101 Å². The number of amides is 2. The van der Waals surface area contributed by atoms with E-state index in [1.807, 2.05) is 43.3 Å². The molecule has 2 aliphatic rings. The van der Waals surface area contributed by atoms with Gasteiger partial charge in [0.1, 0.15) is 5.25 Å². The lowest BCUT2D eigenvalue weighted by Crippen LogP contribution is -2.41. The summed E-state index contributed by atoms with van der Waals surface area (Å²) in [6, 6.07) is 15.0. The van der Waals surface area contributed by atoms with Crippen LogP contribution in [0.1, 0.15) is 25.3 Å². The van der Waals surface area contributed by atoms with Crippen molar-refractivity contribution in [3.8, 4) is 11.5 Å². The molecule has 0 radical (unpaired) electrons. The summed E-state index contributed by atoms with van der Waals surface area (Å²) in [5.74, 6) is 1.03. The zero-order valence-electron chi connectivity index (χ0n) is 17.0. The van der Waals surface area contributed by atoms with E-state index in [1.165, 1.54) is 11.8 Å². The second-order valence-electron chi connectivity index (χ2n) is 7.14. The van der Waals surface area contributed by atoms with Crippen molar-refractivity contribution < 1.29 is 19.1 Å². The molecule has 0 saturated carbocycles. The van der Waals surface area contributed by atoms with Crippen molar-refractivity contribution in [2.75, 3.05) is 12.1 Å². The third-order valence-corrected chi connectivity index (χ3v) is 5.80. The largest absolute Gasteiger partial charge is 0.454 e. The van der Waals surface area contributed by atoms with Crippen LogP contribution in [0, 0.1) is 0 Å². The molecular weight excluding hydrogens is 416 g/mol. The lowest BCUT2D eigenvalue weighted by Gasteiger charge is -2.21. The Bertz CT molecular complexity index is 1040. The summed E-state index contributed by atoms with van der Waals surface area (Å²) >= 11 is 1.20. The molecule has 2 amide bonds. The molecule has 2 aliphatic heterocycles. The van der Waals surface area contributed by atoms with Crippen molar-refractivity contribution >= 4 is 40.1 Å². The Balaban J connectivity index is 1.34. The fourth-order valence-electron chi connectivity index (χ4n) is 3.09. The molecule has 1 saturated heterocycles. The molecule has 0 spiro atoms. The van der Waals surface area contributed by atoms with Crippen LogP contribution in [0.4, 0.5) is 5.69 Å². The summed E-state index contributed by atoms with van der Waals surface area (Å²) in [5, 5.41) is 13.7. The number of amidine groups is 1. The third-order valence-electron chi connectivity index (χ3n) is 4.73. The quantitative estimate of drug-likeness (QED) is 0.532. The number of fused-ring (bicyclic) bond motifs is 1. The van der Waals surface area contributed by atoms with Crippen LogP contribution in [0.2, 0.25) is 0 Å². The normalized spacial score (nSPS) is 19.3. The Morgan fingerprint density at radius 3 is 2.84 bits per heavy atom. The maximum Gasteiger partial charge on any atom is 0.238 e. The highest BCUT2D eigenvalue weighted by Crippen LogP contribution is 2.32. The SMILES string of the molecule is C/C(CCc1ccc2c(c1)OCO2)=N/N=C1/NC(=O)C[C@@H](C(=O)Nc2ccccc2)S1.